The zero-order chi connectivity index (χ0) is 20.0. The molecule has 0 fully saturated rings. The molecule has 4 rings (SSSR count). The number of carbonyl (C=O) groups excluding carboxylic acids is 2. The van der Waals surface area contributed by atoms with Crippen LogP contribution >= 0.6 is 0 Å². The van der Waals surface area contributed by atoms with E-state index < -0.39 is 35.3 Å². The molecule has 1 unspecified atom stereocenters. The average Bonchev–Trinajstić information content (AvgIpc) is 3.26. The van der Waals surface area contributed by atoms with Crippen LogP contribution in [0.3, 0.4) is 0 Å². The van der Waals surface area contributed by atoms with Crippen LogP contribution in [0.15, 0.2) is 41.5 Å². The molecule has 1 atom stereocenters. The second-order valence-electron chi connectivity index (χ2n) is 6.58. The molecule has 0 bridgehead atoms. The summed E-state index contributed by atoms with van der Waals surface area (Å²) in [6.07, 6.45) is 0.191. The number of primary amides is 1. The lowest BCUT2D eigenvalue weighted by molar-refractivity contribution is -0.119. The molecule has 144 valence electrons. The SMILES string of the molecule is NC(=O)C1CC(C(=O)N2CCc3c(F)cc(F)cc32)=NN1c1ccc(F)cc1. The molecule has 0 aliphatic carbocycles. The summed E-state index contributed by atoms with van der Waals surface area (Å²) < 4.78 is 40.7. The van der Waals surface area contributed by atoms with Gasteiger partial charge in [-0.2, -0.15) is 5.10 Å². The van der Waals surface area contributed by atoms with Crippen molar-refractivity contribution in [2.45, 2.75) is 18.9 Å². The van der Waals surface area contributed by atoms with Crippen molar-refractivity contribution in [3.8, 4) is 0 Å². The number of carbonyl (C=O) groups is 2. The Labute approximate surface area is 158 Å². The molecular weight excluding hydrogens is 373 g/mol. The average molecular weight is 388 g/mol. The lowest BCUT2D eigenvalue weighted by Crippen LogP contribution is -2.40. The molecule has 28 heavy (non-hydrogen) atoms. The summed E-state index contributed by atoms with van der Waals surface area (Å²) >= 11 is 0. The van der Waals surface area contributed by atoms with Crippen LogP contribution < -0.4 is 15.6 Å². The minimum Gasteiger partial charge on any atom is -0.368 e. The van der Waals surface area contributed by atoms with Gasteiger partial charge in [0, 0.05) is 24.6 Å². The van der Waals surface area contributed by atoms with Gasteiger partial charge in [0.15, 0.2) is 0 Å². The van der Waals surface area contributed by atoms with E-state index in [0.29, 0.717) is 5.69 Å². The molecule has 9 heteroatoms. The molecule has 0 saturated heterocycles. The molecule has 6 nitrogen and oxygen atoms in total. The van der Waals surface area contributed by atoms with Crippen LogP contribution in [0.2, 0.25) is 0 Å². The largest absolute Gasteiger partial charge is 0.368 e. The van der Waals surface area contributed by atoms with E-state index in [1.54, 1.807) is 0 Å². The third kappa shape index (κ3) is 2.98. The Bertz CT molecular complexity index is 1010. The highest BCUT2D eigenvalue weighted by molar-refractivity contribution is 6.45. The molecule has 0 spiro atoms. The first kappa shape index (κ1) is 18.0. The zero-order valence-corrected chi connectivity index (χ0v) is 14.5. The molecule has 2 aliphatic rings. The van der Waals surface area contributed by atoms with Crippen LogP contribution in [-0.2, 0) is 16.0 Å². The van der Waals surface area contributed by atoms with E-state index in [-0.39, 0.29) is 36.3 Å². The standard InChI is InChI=1S/C19H15F3N4O2/c20-10-1-3-12(4-2-10)26-17(18(23)27)9-15(24-26)19(28)25-6-5-13-14(22)7-11(21)8-16(13)25/h1-4,7-8,17H,5-6,9H2,(H2,23,27). The fourth-order valence-corrected chi connectivity index (χ4v) is 3.48. The number of benzene rings is 2. The van der Waals surface area contributed by atoms with E-state index in [2.05, 4.69) is 5.10 Å². The molecule has 0 aromatic heterocycles. The number of rotatable bonds is 3. The lowest BCUT2D eigenvalue weighted by atomic mass is 10.1. The number of hydrogen-bond donors (Lipinski definition) is 1. The van der Waals surface area contributed by atoms with E-state index in [0.717, 1.165) is 12.1 Å². The maximum Gasteiger partial charge on any atom is 0.274 e. The number of nitrogens with two attached hydrogens (primary N) is 1. The van der Waals surface area contributed by atoms with Gasteiger partial charge in [-0.05, 0) is 36.8 Å². The van der Waals surface area contributed by atoms with Crippen LogP contribution in [0.1, 0.15) is 12.0 Å². The number of halogens is 3. The molecule has 2 aliphatic heterocycles. The Morgan fingerprint density at radius 2 is 1.79 bits per heavy atom. The predicted molar refractivity (Wildman–Crippen MR) is 96.3 cm³/mol. The normalized spacial score (nSPS) is 18.2. The fraction of sp³-hybridized carbons (Fsp3) is 0.211. The van der Waals surface area contributed by atoms with Crippen molar-refractivity contribution in [2.24, 2.45) is 10.8 Å². The Hall–Kier alpha value is -3.36. The van der Waals surface area contributed by atoms with Crippen molar-refractivity contribution in [2.75, 3.05) is 16.5 Å². The second kappa shape index (κ2) is 6.66. The number of fused-ring (bicyclic) bond motifs is 1. The highest BCUT2D eigenvalue weighted by Gasteiger charge is 2.38. The van der Waals surface area contributed by atoms with E-state index in [9.17, 15) is 22.8 Å². The molecular formula is C19H15F3N4O2. The van der Waals surface area contributed by atoms with Gasteiger partial charge in [0.2, 0.25) is 5.91 Å². The summed E-state index contributed by atoms with van der Waals surface area (Å²) in [6, 6.07) is 6.18. The van der Waals surface area contributed by atoms with Crippen LogP contribution in [0.25, 0.3) is 0 Å². The third-order valence-corrected chi connectivity index (χ3v) is 4.83. The number of hydrogen-bond acceptors (Lipinski definition) is 4. The summed E-state index contributed by atoms with van der Waals surface area (Å²) in [5.41, 5.74) is 6.28. The van der Waals surface area contributed by atoms with Gasteiger partial charge < -0.3 is 10.6 Å². The maximum absolute atomic E-state index is 13.9. The van der Waals surface area contributed by atoms with Gasteiger partial charge in [0.1, 0.15) is 29.2 Å². The number of anilines is 2. The Morgan fingerprint density at radius 3 is 2.46 bits per heavy atom. The van der Waals surface area contributed by atoms with Crippen molar-refractivity contribution >= 4 is 28.9 Å². The first-order chi connectivity index (χ1) is 13.3. The monoisotopic (exact) mass is 388 g/mol. The highest BCUT2D eigenvalue weighted by atomic mass is 19.1. The van der Waals surface area contributed by atoms with Crippen molar-refractivity contribution < 1.29 is 22.8 Å². The number of amides is 2. The summed E-state index contributed by atoms with van der Waals surface area (Å²) in [6.45, 7) is 0.172. The molecule has 2 heterocycles. The second-order valence-corrected chi connectivity index (χ2v) is 6.58. The van der Waals surface area contributed by atoms with E-state index >= 15 is 0 Å². The number of nitrogens with zero attached hydrogens (tertiary/aromatic N) is 3. The first-order valence-electron chi connectivity index (χ1n) is 8.56. The Morgan fingerprint density at radius 1 is 1.07 bits per heavy atom. The van der Waals surface area contributed by atoms with Crippen LogP contribution in [-0.4, -0.2) is 30.1 Å². The van der Waals surface area contributed by atoms with Gasteiger partial charge in [-0.25, -0.2) is 13.2 Å². The smallest absolute Gasteiger partial charge is 0.274 e. The van der Waals surface area contributed by atoms with E-state index in [4.69, 9.17) is 5.73 Å². The van der Waals surface area contributed by atoms with E-state index in [1.807, 2.05) is 0 Å². The van der Waals surface area contributed by atoms with Crippen molar-refractivity contribution in [3.05, 3.63) is 59.4 Å². The Balaban J connectivity index is 1.66. The fourth-order valence-electron chi connectivity index (χ4n) is 3.48. The molecule has 2 amide bonds. The molecule has 2 aromatic carbocycles. The maximum atomic E-state index is 13.9. The zero-order valence-electron chi connectivity index (χ0n) is 14.5. The quantitative estimate of drug-likeness (QED) is 0.875. The highest BCUT2D eigenvalue weighted by Crippen LogP contribution is 2.33. The van der Waals surface area contributed by atoms with Gasteiger partial charge in [-0.3, -0.25) is 14.6 Å². The summed E-state index contributed by atoms with van der Waals surface area (Å²) in [4.78, 5) is 26.0. The van der Waals surface area contributed by atoms with Crippen molar-refractivity contribution in [1.82, 2.24) is 0 Å². The van der Waals surface area contributed by atoms with Gasteiger partial charge >= 0.3 is 0 Å². The minimum atomic E-state index is -0.921. The summed E-state index contributed by atoms with van der Waals surface area (Å²) in [5, 5.41) is 5.46. The van der Waals surface area contributed by atoms with Crippen LogP contribution in [0, 0.1) is 17.5 Å². The van der Waals surface area contributed by atoms with Crippen molar-refractivity contribution in [1.29, 1.82) is 0 Å². The summed E-state index contributed by atoms with van der Waals surface area (Å²) in [7, 11) is 0. The van der Waals surface area contributed by atoms with Crippen LogP contribution in [0.5, 0.6) is 0 Å². The minimum absolute atomic E-state index is 0.0330. The summed E-state index contributed by atoms with van der Waals surface area (Å²) in [5.74, 6) is -3.21. The molecule has 0 radical (unpaired) electrons. The van der Waals surface area contributed by atoms with Gasteiger partial charge in [0.05, 0.1) is 11.4 Å². The van der Waals surface area contributed by atoms with Crippen LogP contribution in [0.4, 0.5) is 24.5 Å². The topological polar surface area (TPSA) is 79.0 Å². The Kier molecular flexibility index (Phi) is 4.29. The lowest BCUT2D eigenvalue weighted by Gasteiger charge is -2.20. The van der Waals surface area contributed by atoms with Gasteiger partial charge in [-0.15, -0.1) is 0 Å². The molecule has 2 N–H and O–H groups in total. The third-order valence-electron chi connectivity index (χ3n) is 4.83. The van der Waals surface area contributed by atoms with Gasteiger partial charge in [-0.1, -0.05) is 0 Å². The first-order valence-corrected chi connectivity index (χ1v) is 8.56. The number of hydrazone groups is 1. The van der Waals surface area contributed by atoms with Crippen molar-refractivity contribution in [3.63, 3.8) is 0 Å². The molecule has 0 saturated carbocycles. The van der Waals surface area contributed by atoms with E-state index in [1.165, 1.54) is 34.2 Å². The molecule has 2 aromatic rings. The predicted octanol–water partition coefficient (Wildman–Crippen LogP) is 2.11. The van der Waals surface area contributed by atoms with Gasteiger partial charge in [0.25, 0.3) is 5.91 Å².